The van der Waals surface area contributed by atoms with E-state index in [0.717, 1.165) is 6.42 Å². The summed E-state index contributed by atoms with van der Waals surface area (Å²) in [5.41, 5.74) is 2.60. The third-order valence-electron chi connectivity index (χ3n) is 4.79. The van der Waals surface area contributed by atoms with Crippen LogP contribution in [0.15, 0.2) is 60.7 Å². The van der Waals surface area contributed by atoms with E-state index in [0.29, 0.717) is 25.2 Å². The van der Waals surface area contributed by atoms with Crippen LogP contribution < -0.4 is 0 Å². The maximum Gasteiger partial charge on any atom is 0.0881 e. The highest BCUT2D eigenvalue weighted by atomic mass is 28.3. The molecular formula is C22H30O2Si. The van der Waals surface area contributed by atoms with E-state index in [1.54, 1.807) is 0 Å². The minimum atomic E-state index is -1.13. The first-order valence-corrected chi connectivity index (χ1v) is 13.0. The zero-order chi connectivity index (χ0) is 17.7. The molecule has 0 aliphatic carbocycles. The van der Waals surface area contributed by atoms with Gasteiger partial charge >= 0.3 is 0 Å². The molecule has 0 N–H and O–H groups in total. The second kappa shape index (κ2) is 8.30. The summed E-state index contributed by atoms with van der Waals surface area (Å²) in [6, 6.07) is 22.4. The summed E-state index contributed by atoms with van der Waals surface area (Å²) in [6.45, 7) is 8.59. The van der Waals surface area contributed by atoms with E-state index in [4.69, 9.17) is 9.47 Å². The van der Waals surface area contributed by atoms with Gasteiger partial charge < -0.3 is 9.47 Å². The summed E-state index contributed by atoms with van der Waals surface area (Å²) in [5, 5.41) is 0. The van der Waals surface area contributed by atoms with E-state index in [9.17, 15) is 0 Å². The molecule has 134 valence electrons. The first kappa shape index (κ1) is 18.4. The minimum absolute atomic E-state index is 0.160. The van der Waals surface area contributed by atoms with Crippen LogP contribution in [-0.2, 0) is 16.1 Å². The van der Waals surface area contributed by atoms with Gasteiger partial charge in [-0.25, -0.2) is 0 Å². The largest absolute Gasteiger partial charge is 0.374 e. The molecule has 1 aliphatic heterocycles. The number of benzene rings is 2. The number of hydrogen-bond donors (Lipinski definition) is 0. The van der Waals surface area contributed by atoms with E-state index in [-0.39, 0.29) is 6.10 Å². The highest BCUT2D eigenvalue weighted by Gasteiger charge is 2.38. The van der Waals surface area contributed by atoms with Crippen molar-refractivity contribution in [3.63, 3.8) is 0 Å². The van der Waals surface area contributed by atoms with Crippen LogP contribution in [0.2, 0.25) is 25.7 Å². The fraction of sp³-hybridized carbons (Fsp3) is 0.455. The van der Waals surface area contributed by atoms with Crippen molar-refractivity contribution in [1.29, 1.82) is 0 Å². The molecule has 3 rings (SSSR count). The van der Waals surface area contributed by atoms with Crippen molar-refractivity contribution >= 4 is 8.07 Å². The van der Waals surface area contributed by atoms with Crippen molar-refractivity contribution in [2.45, 2.75) is 56.8 Å². The summed E-state index contributed by atoms with van der Waals surface area (Å²) < 4.78 is 12.5. The molecule has 1 saturated heterocycles. The average molecular weight is 355 g/mol. The maximum atomic E-state index is 6.45. The quantitative estimate of drug-likeness (QED) is 0.613. The van der Waals surface area contributed by atoms with Gasteiger partial charge in [0, 0.05) is 14.0 Å². The zero-order valence-corrected chi connectivity index (χ0v) is 16.7. The Hall–Kier alpha value is -1.42. The minimum Gasteiger partial charge on any atom is -0.374 e. The molecular weight excluding hydrogens is 324 g/mol. The first-order chi connectivity index (χ1) is 12.0. The second-order valence-corrected chi connectivity index (χ2v) is 13.8. The van der Waals surface area contributed by atoms with Gasteiger partial charge in [-0.05, 0) is 23.6 Å². The Kier molecular flexibility index (Phi) is 6.10. The molecule has 3 atom stereocenters. The van der Waals surface area contributed by atoms with Crippen molar-refractivity contribution in [3.05, 3.63) is 71.8 Å². The lowest BCUT2D eigenvalue weighted by atomic mass is 9.91. The number of ether oxygens (including phenoxy) is 2. The molecule has 0 radical (unpaired) electrons. The van der Waals surface area contributed by atoms with Crippen LogP contribution in [0.1, 0.15) is 23.5 Å². The van der Waals surface area contributed by atoms with Gasteiger partial charge in [0.25, 0.3) is 0 Å². The van der Waals surface area contributed by atoms with E-state index in [2.05, 4.69) is 74.2 Å². The Labute approximate surface area is 153 Å². The predicted octanol–water partition coefficient (Wildman–Crippen LogP) is 5.48. The fourth-order valence-electron chi connectivity index (χ4n) is 3.72. The van der Waals surface area contributed by atoms with Crippen molar-refractivity contribution in [2.75, 3.05) is 6.61 Å². The molecule has 2 aromatic carbocycles. The molecule has 0 bridgehead atoms. The lowest BCUT2D eigenvalue weighted by molar-refractivity contribution is -0.0189. The summed E-state index contributed by atoms with van der Waals surface area (Å²) >= 11 is 0. The lowest BCUT2D eigenvalue weighted by Crippen LogP contribution is -2.27. The fourth-order valence-corrected chi connectivity index (χ4v) is 5.35. The Balaban J connectivity index is 1.63. The predicted molar refractivity (Wildman–Crippen MR) is 107 cm³/mol. The molecule has 0 unspecified atom stereocenters. The maximum absolute atomic E-state index is 6.45. The highest BCUT2D eigenvalue weighted by Crippen LogP contribution is 2.38. The van der Waals surface area contributed by atoms with Crippen molar-refractivity contribution < 1.29 is 9.47 Å². The summed E-state index contributed by atoms with van der Waals surface area (Å²) in [5.74, 6) is 0.443. The molecule has 2 nitrogen and oxygen atoms in total. The van der Waals surface area contributed by atoms with Crippen LogP contribution in [-0.4, -0.2) is 26.9 Å². The smallest absolute Gasteiger partial charge is 0.0881 e. The molecule has 1 fully saturated rings. The zero-order valence-electron chi connectivity index (χ0n) is 15.7. The summed E-state index contributed by atoms with van der Waals surface area (Å²) in [6.07, 6.45) is 1.66. The SMILES string of the molecule is C[Si](C)(C)C[C@@H]1C[C@H](c2ccccc2)[C@@H](COCc2ccccc2)O1. The normalized spacial score (nSPS) is 23.7. The molecule has 3 heteroatoms. The van der Waals surface area contributed by atoms with Crippen molar-refractivity contribution in [1.82, 2.24) is 0 Å². The van der Waals surface area contributed by atoms with Gasteiger partial charge in [0.1, 0.15) is 0 Å². The van der Waals surface area contributed by atoms with E-state index in [1.807, 2.05) is 6.07 Å². The van der Waals surface area contributed by atoms with Gasteiger partial charge in [-0.2, -0.15) is 0 Å². The van der Waals surface area contributed by atoms with Gasteiger partial charge in [-0.1, -0.05) is 80.3 Å². The lowest BCUT2D eigenvalue weighted by Gasteiger charge is -2.21. The monoisotopic (exact) mass is 354 g/mol. The Bertz CT molecular complexity index is 636. The van der Waals surface area contributed by atoms with Gasteiger partial charge in [-0.15, -0.1) is 0 Å². The molecule has 1 aliphatic rings. The van der Waals surface area contributed by atoms with Gasteiger partial charge in [-0.3, -0.25) is 0 Å². The van der Waals surface area contributed by atoms with E-state index >= 15 is 0 Å². The summed E-state index contributed by atoms with van der Waals surface area (Å²) in [7, 11) is -1.13. The Morgan fingerprint density at radius 2 is 1.60 bits per heavy atom. The third-order valence-corrected chi connectivity index (χ3v) is 6.47. The Morgan fingerprint density at radius 1 is 0.960 bits per heavy atom. The van der Waals surface area contributed by atoms with Crippen molar-refractivity contribution in [2.24, 2.45) is 0 Å². The molecule has 25 heavy (non-hydrogen) atoms. The molecule has 0 amide bonds. The first-order valence-electron chi connectivity index (χ1n) is 9.33. The van der Waals surface area contributed by atoms with Crippen molar-refractivity contribution in [3.8, 4) is 0 Å². The molecule has 0 spiro atoms. The third kappa shape index (κ3) is 5.53. The topological polar surface area (TPSA) is 18.5 Å². The standard InChI is InChI=1S/C22H30O2Si/c1-25(2,3)17-20-14-21(19-12-8-5-9-13-19)22(24-20)16-23-15-18-10-6-4-7-11-18/h4-13,20-22H,14-17H2,1-3H3/t20-,21+,22+/m0/s1. The molecule has 1 heterocycles. The van der Waals surface area contributed by atoms with Crippen LogP contribution in [0.3, 0.4) is 0 Å². The van der Waals surface area contributed by atoms with Gasteiger partial charge in [0.15, 0.2) is 0 Å². The average Bonchev–Trinajstić information content (AvgIpc) is 2.97. The molecule has 2 aromatic rings. The van der Waals surface area contributed by atoms with Crippen LogP contribution in [0.4, 0.5) is 0 Å². The van der Waals surface area contributed by atoms with Gasteiger partial charge in [0.05, 0.1) is 25.4 Å². The Morgan fingerprint density at radius 3 is 2.24 bits per heavy atom. The number of hydrogen-bond acceptors (Lipinski definition) is 2. The highest BCUT2D eigenvalue weighted by molar-refractivity contribution is 6.76. The number of rotatable bonds is 7. The van der Waals surface area contributed by atoms with Gasteiger partial charge in [0.2, 0.25) is 0 Å². The molecule has 0 aromatic heterocycles. The second-order valence-electron chi connectivity index (χ2n) is 8.31. The van der Waals surface area contributed by atoms with Crippen LogP contribution in [0, 0.1) is 0 Å². The van der Waals surface area contributed by atoms with E-state index in [1.165, 1.54) is 17.2 Å². The van der Waals surface area contributed by atoms with Crippen LogP contribution in [0.25, 0.3) is 0 Å². The van der Waals surface area contributed by atoms with Crippen LogP contribution >= 0.6 is 0 Å². The van der Waals surface area contributed by atoms with E-state index < -0.39 is 8.07 Å². The molecule has 0 saturated carbocycles. The summed E-state index contributed by atoms with van der Waals surface area (Å²) in [4.78, 5) is 0. The van der Waals surface area contributed by atoms with Crippen LogP contribution in [0.5, 0.6) is 0 Å².